The molecular weight excluding hydrogens is 413 g/mol. The summed E-state index contributed by atoms with van der Waals surface area (Å²) in [5, 5.41) is 0. The van der Waals surface area contributed by atoms with Gasteiger partial charge in [0.25, 0.3) is 5.66 Å². The maximum Gasteiger partial charge on any atom is 0.433 e. The Bertz CT molecular complexity index is 1130. The molecule has 1 aliphatic heterocycles. The largest absolute Gasteiger partial charge is 0.462 e. The molecule has 3 aromatic rings. The fourth-order valence-electron chi connectivity index (χ4n) is 3.08. The van der Waals surface area contributed by atoms with Gasteiger partial charge in [0.05, 0.1) is 6.61 Å². The van der Waals surface area contributed by atoms with Gasteiger partial charge in [0, 0.05) is 6.20 Å². The van der Waals surface area contributed by atoms with Crippen LogP contribution >= 0.6 is 0 Å². The summed E-state index contributed by atoms with van der Waals surface area (Å²) in [6.45, 7) is 1.57. The molecule has 1 aromatic carbocycles. The molecule has 0 saturated carbocycles. The molecule has 0 bridgehead atoms. The van der Waals surface area contributed by atoms with Gasteiger partial charge in [-0.25, -0.2) is 14.8 Å². The third-order valence-corrected chi connectivity index (χ3v) is 4.46. The van der Waals surface area contributed by atoms with Crippen molar-refractivity contribution in [1.29, 1.82) is 0 Å². The first-order valence-electron chi connectivity index (χ1n) is 9.34. The molecule has 0 saturated heterocycles. The van der Waals surface area contributed by atoms with Crippen molar-refractivity contribution in [2.24, 2.45) is 4.99 Å². The van der Waals surface area contributed by atoms with Gasteiger partial charge < -0.3 is 9.47 Å². The first-order chi connectivity index (χ1) is 14.8. The average Bonchev–Trinajstić information content (AvgIpc) is 3.23. The molecule has 0 fully saturated rings. The number of ether oxygens (including phenoxy) is 2. The molecule has 0 spiro atoms. The molecule has 1 atom stereocenters. The van der Waals surface area contributed by atoms with E-state index in [-0.39, 0.29) is 18.2 Å². The van der Waals surface area contributed by atoms with E-state index in [1.807, 2.05) is 0 Å². The number of esters is 1. The zero-order valence-electron chi connectivity index (χ0n) is 16.3. The number of carbonyl (C=O) groups is 1. The summed E-state index contributed by atoms with van der Waals surface area (Å²) in [6.07, 6.45) is -3.12. The minimum absolute atomic E-state index is 0.00977. The maximum atomic E-state index is 13.3. The van der Waals surface area contributed by atoms with Crippen LogP contribution in [0.25, 0.3) is 0 Å². The number of alkyl halides is 3. The number of carbonyl (C=O) groups excluding carboxylic acids is 1. The van der Waals surface area contributed by atoms with Crippen molar-refractivity contribution in [2.75, 3.05) is 12.0 Å². The number of aromatic nitrogens is 2. The summed E-state index contributed by atoms with van der Waals surface area (Å²) in [4.78, 5) is 21.1. The molecule has 31 heavy (non-hydrogen) atoms. The second kappa shape index (κ2) is 7.78. The van der Waals surface area contributed by atoms with Gasteiger partial charge >= 0.3 is 12.1 Å². The lowest BCUT2D eigenvalue weighted by atomic mass is 10.1. The Hall–Kier alpha value is -3.82. The Balaban J connectivity index is 1.89. The molecule has 7 nitrogen and oxygen atoms in total. The van der Waals surface area contributed by atoms with E-state index < -0.39 is 23.5 Å². The minimum atomic E-state index is -4.70. The van der Waals surface area contributed by atoms with Crippen molar-refractivity contribution < 1.29 is 27.4 Å². The van der Waals surface area contributed by atoms with Gasteiger partial charge in [-0.3, -0.25) is 10.1 Å². The Morgan fingerprint density at radius 3 is 2.58 bits per heavy atom. The summed E-state index contributed by atoms with van der Waals surface area (Å²) in [6, 6.07) is 15.3. The quantitative estimate of drug-likeness (QED) is 0.639. The highest BCUT2D eigenvalue weighted by molar-refractivity contribution is 5.99. The normalized spacial score (nSPS) is 17.9. The zero-order chi connectivity index (χ0) is 22.1. The Labute approximate surface area is 175 Å². The van der Waals surface area contributed by atoms with Crippen LogP contribution in [0, 0.1) is 0 Å². The summed E-state index contributed by atoms with van der Waals surface area (Å²) >= 11 is 0. The highest BCUT2D eigenvalue weighted by Crippen LogP contribution is 2.33. The van der Waals surface area contributed by atoms with Crippen LogP contribution in [0.1, 0.15) is 24.0 Å². The number of nitrogens with one attached hydrogen (secondary N) is 1. The van der Waals surface area contributed by atoms with Gasteiger partial charge in [-0.05, 0) is 43.3 Å². The van der Waals surface area contributed by atoms with E-state index in [4.69, 9.17) is 9.47 Å². The van der Waals surface area contributed by atoms with Crippen LogP contribution in [0.4, 0.5) is 13.2 Å². The van der Waals surface area contributed by atoms with Crippen LogP contribution in [-0.4, -0.2) is 28.1 Å². The molecule has 1 aliphatic rings. The third-order valence-electron chi connectivity index (χ3n) is 4.46. The van der Waals surface area contributed by atoms with E-state index in [1.165, 1.54) is 10.7 Å². The lowest BCUT2D eigenvalue weighted by Gasteiger charge is -2.34. The second-order valence-corrected chi connectivity index (χ2v) is 6.54. The van der Waals surface area contributed by atoms with Crippen LogP contribution in [0.15, 0.2) is 71.9 Å². The molecule has 10 heteroatoms. The van der Waals surface area contributed by atoms with Crippen LogP contribution in [0.5, 0.6) is 5.75 Å². The van der Waals surface area contributed by atoms with E-state index in [2.05, 4.69) is 15.4 Å². The molecular formula is C21H17F3N4O3. The van der Waals surface area contributed by atoms with Crippen LogP contribution in [0.2, 0.25) is 0 Å². The average molecular weight is 430 g/mol. The highest BCUT2D eigenvalue weighted by Gasteiger charge is 2.48. The zero-order valence-corrected chi connectivity index (χ0v) is 16.3. The number of para-hydroxylation sites is 1. The van der Waals surface area contributed by atoms with Gasteiger partial charge in [-0.2, -0.15) is 13.2 Å². The number of aliphatic imine (C=N–C) groups is 1. The molecule has 4 rings (SSSR count). The van der Waals surface area contributed by atoms with Gasteiger partial charge in [0.1, 0.15) is 22.8 Å². The number of benzene rings is 1. The number of nitrogens with zero attached hydrogens (tertiary/aromatic N) is 3. The molecule has 0 aliphatic carbocycles. The van der Waals surface area contributed by atoms with Crippen LogP contribution in [0.3, 0.4) is 0 Å². The molecule has 0 amide bonds. The van der Waals surface area contributed by atoms with Crippen LogP contribution in [-0.2, 0) is 21.4 Å². The Morgan fingerprint density at radius 1 is 1.10 bits per heavy atom. The predicted octanol–water partition coefficient (Wildman–Crippen LogP) is 3.70. The molecule has 1 unspecified atom stereocenters. The van der Waals surface area contributed by atoms with Gasteiger partial charge in [0.2, 0.25) is 5.90 Å². The van der Waals surface area contributed by atoms with Gasteiger partial charge in [-0.1, -0.05) is 24.3 Å². The molecule has 160 valence electrons. The van der Waals surface area contributed by atoms with E-state index >= 15 is 0 Å². The van der Waals surface area contributed by atoms with Crippen molar-refractivity contribution in [3.05, 3.63) is 83.9 Å². The Morgan fingerprint density at radius 2 is 1.87 bits per heavy atom. The van der Waals surface area contributed by atoms with Crippen molar-refractivity contribution in [3.8, 4) is 5.75 Å². The van der Waals surface area contributed by atoms with E-state index in [1.54, 1.807) is 55.6 Å². The number of hydrogen-bond acceptors (Lipinski definition) is 6. The number of halogens is 3. The third kappa shape index (κ3) is 3.83. The summed E-state index contributed by atoms with van der Waals surface area (Å²) in [5.41, 5.74) is -0.232. The van der Waals surface area contributed by atoms with Crippen LogP contribution < -0.4 is 10.2 Å². The van der Waals surface area contributed by atoms with E-state index in [0.29, 0.717) is 11.4 Å². The van der Waals surface area contributed by atoms with Crippen molar-refractivity contribution in [2.45, 2.75) is 18.8 Å². The smallest absolute Gasteiger partial charge is 0.433 e. The SMILES string of the molecule is CCOC(=O)C1(c2cccc(C(F)(F)F)n2)N=C(Oc2ccccc2)c2cccn2N1. The van der Waals surface area contributed by atoms with E-state index in [0.717, 1.165) is 12.1 Å². The minimum Gasteiger partial charge on any atom is -0.462 e. The first-order valence-corrected chi connectivity index (χ1v) is 9.34. The second-order valence-electron chi connectivity index (χ2n) is 6.54. The van der Waals surface area contributed by atoms with Gasteiger partial charge in [0.15, 0.2) is 0 Å². The van der Waals surface area contributed by atoms with Crippen molar-refractivity contribution in [1.82, 2.24) is 9.66 Å². The molecule has 3 heterocycles. The van der Waals surface area contributed by atoms with E-state index in [9.17, 15) is 18.0 Å². The number of pyridine rings is 1. The summed E-state index contributed by atoms with van der Waals surface area (Å²) < 4.78 is 52.4. The van der Waals surface area contributed by atoms with Gasteiger partial charge in [-0.15, -0.1) is 0 Å². The molecule has 1 N–H and O–H groups in total. The fraction of sp³-hybridized carbons (Fsp3) is 0.190. The molecule has 2 aromatic heterocycles. The lowest BCUT2D eigenvalue weighted by molar-refractivity contribution is -0.150. The lowest BCUT2D eigenvalue weighted by Crippen LogP contribution is -2.52. The monoisotopic (exact) mass is 430 g/mol. The van der Waals surface area contributed by atoms with Crippen molar-refractivity contribution in [3.63, 3.8) is 0 Å². The number of rotatable bonds is 4. The first kappa shape index (κ1) is 20.5. The van der Waals surface area contributed by atoms with Crippen molar-refractivity contribution >= 4 is 11.9 Å². The number of fused-ring (bicyclic) bond motifs is 1. The number of hydrogen-bond donors (Lipinski definition) is 1. The predicted molar refractivity (Wildman–Crippen MR) is 105 cm³/mol. The fourth-order valence-corrected chi connectivity index (χ4v) is 3.08. The summed E-state index contributed by atoms with van der Waals surface area (Å²) in [5.74, 6) is -0.469. The summed E-state index contributed by atoms with van der Waals surface area (Å²) in [7, 11) is 0. The molecule has 0 radical (unpaired) electrons. The maximum absolute atomic E-state index is 13.3. The Kier molecular flexibility index (Phi) is 5.14. The highest BCUT2D eigenvalue weighted by atomic mass is 19.4. The standard InChI is InChI=1S/C21H17F3N4O3/c1-2-30-19(29)20(16-11-6-12-17(25-16)21(22,23)24)26-18(15-10-7-13-28(15)27-20)31-14-8-4-3-5-9-14/h3-13,27H,2H2,1H3. The topological polar surface area (TPSA) is 77.7 Å².